The fourth-order valence-electron chi connectivity index (χ4n) is 3.13. The van der Waals surface area contributed by atoms with Gasteiger partial charge in [0.2, 0.25) is 0 Å². The Morgan fingerprint density at radius 3 is 2.47 bits per heavy atom. The van der Waals surface area contributed by atoms with Crippen LogP contribution in [0.2, 0.25) is 0 Å². The van der Waals surface area contributed by atoms with E-state index >= 15 is 0 Å². The minimum Gasteiger partial charge on any atom is -0.319 e. The van der Waals surface area contributed by atoms with Gasteiger partial charge in [-0.05, 0) is 51.0 Å². The Hall–Kier alpha value is -0.860. The highest BCUT2D eigenvalue weighted by Crippen LogP contribution is 2.23. The molecule has 1 aromatic carbocycles. The highest BCUT2D eigenvalue weighted by molar-refractivity contribution is 5.27. The van der Waals surface area contributed by atoms with Gasteiger partial charge in [-0.3, -0.25) is 4.90 Å². The number of hydrogen-bond acceptors (Lipinski definition) is 2. The van der Waals surface area contributed by atoms with Gasteiger partial charge in [-0.1, -0.05) is 43.5 Å². The van der Waals surface area contributed by atoms with Gasteiger partial charge in [0.15, 0.2) is 0 Å². The van der Waals surface area contributed by atoms with E-state index in [-0.39, 0.29) is 0 Å². The summed E-state index contributed by atoms with van der Waals surface area (Å²) in [6.45, 7) is 2.16. The van der Waals surface area contributed by atoms with Crippen molar-refractivity contribution in [3.05, 3.63) is 35.4 Å². The molecule has 1 fully saturated rings. The first-order valence-corrected chi connectivity index (χ1v) is 7.73. The highest BCUT2D eigenvalue weighted by Gasteiger charge is 2.18. The average Bonchev–Trinajstić information content (AvgIpc) is 2.47. The first-order chi connectivity index (χ1) is 9.31. The summed E-state index contributed by atoms with van der Waals surface area (Å²) in [7, 11) is 4.32. The lowest BCUT2D eigenvalue weighted by atomic mass is 9.94. The molecular weight excluding hydrogens is 232 g/mol. The van der Waals surface area contributed by atoms with E-state index in [1.807, 2.05) is 7.05 Å². The van der Waals surface area contributed by atoms with Crippen molar-refractivity contribution in [3.63, 3.8) is 0 Å². The molecule has 2 nitrogen and oxygen atoms in total. The van der Waals surface area contributed by atoms with Crippen LogP contribution < -0.4 is 5.32 Å². The normalized spacial score (nSPS) is 17.0. The smallest absolute Gasteiger partial charge is 0.0236 e. The van der Waals surface area contributed by atoms with Crippen molar-refractivity contribution in [2.75, 3.05) is 20.6 Å². The van der Waals surface area contributed by atoms with E-state index in [2.05, 4.69) is 41.5 Å². The largest absolute Gasteiger partial charge is 0.319 e. The third-order valence-corrected chi connectivity index (χ3v) is 4.38. The van der Waals surface area contributed by atoms with Crippen molar-refractivity contribution in [2.24, 2.45) is 0 Å². The van der Waals surface area contributed by atoms with Gasteiger partial charge in [-0.2, -0.15) is 0 Å². The molecule has 0 aromatic heterocycles. The second-order valence-electron chi connectivity index (χ2n) is 5.83. The molecular formula is C17H28N2. The van der Waals surface area contributed by atoms with Crippen LogP contribution in [0.3, 0.4) is 0 Å². The maximum absolute atomic E-state index is 3.25. The lowest BCUT2D eigenvalue weighted by Gasteiger charge is -2.31. The van der Waals surface area contributed by atoms with Crippen LogP contribution in [0.4, 0.5) is 0 Å². The molecule has 0 spiro atoms. The highest BCUT2D eigenvalue weighted by atomic mass is 15.1. The molecule has 0 amide bonds. The Bertz CT molecular complexity index is 369. The monoisotopic (exact) mass is 260 g/mol. The minimum absolute atomic E-state index is 0.797. The van der Waals surface area contributed by atoms with Crippen molar-refractivity contribution >= 4 is 0 Å². The number of hydrogen-bond donors (Lipinski definition) is 1. The predicted octanol–water partition coefficient (Wildman–Crippen LogP) is 3.21. The van der Waals surface area contributed by atoms with Crippen molar-refractivity contribution in [1.82, 2.24) is 10.2 Å². The number of nitrogens with one attached hydrogen (secondary N) is 1. The second kappa shape index (κ2) is 7.66. The number of likely N-dealkylation sites (N-methyl/N-ethyl adjacent to an activating group) is 1. The van der Waals surface area contributed by atoms with Crippen LogP contribution in [0.15, 0.2) is 24.3 Å². The van der Waals surface area contributed by atoms with Crippen LogP contribution >= 0.6 is 0 Å². The topological polar surface area (TPSA) is 15.3 Å². The zero-order valence-corrected chi connectivity index (χ0v) is 12.5. The number of benzene rings is 1. The van der Waals surface area contributed by atoms with Gasteiger partial charge in [0, 0.05) is 12.6 Å². The van der Waals surface area contributed by atoms with Gasteiger partial charge in [0.05, 0.1) is 0 Å². The summed E-state index contributed by atoms with van der Waals surface area (Å²) in [5.74, 6) is 0. The molecule has 1 aromatic rings. The molecule has 1 saturated carbocycles. The van der Waals surface area contributed by atoms with Crippen LogP contribution in [-0.4, -0.2) is 31.6 Å². The Kier molecular flexibility index (Phi) is 5.87. The summed E-state index contributed by atoms with van der Waals surface area (Å²) in [6, 6.07) is 9.71. The molecule has 0 heterocycles. The van der Waals surface area contributed by atoms with E-state index < -0.39 is 0 Å². The molecule has 1 aliphatic rings. The van der Waals surface area contributed by atoms with Crippen molar-refractivity contribution < 1.29 is 0 Å². The molecule has 19 heavy (non-hydrogen) atoms. The minimum atomic E-state index is 0.797. The second-order valence-corrected chi connectivity index (χ2v) is 5.83. The zero-order chi connectivity index (χ0) is 13.5. The summed E-state index contributed by atoms with van der Waals surface area (Å²) >= 11 is 0. The fourth-order valence-corrected chi connectivity index (χ4v) is 3.13. The predicted molar refractivity (Wildman–Crippen MR) is 82.4 cm³/mol. The Morgan fingerprint density at radius 1 is 1.11 bits per heavy atom. The molecule has 106 valence electrons. The summed E-state index contributed by atoms with van der Waals surface area (Å²) < 4.78 is 0. The molecule has 0 radical (unpaired) electrons. The van der Waals surface area contributed by atoms with Crippen LogP contribution in [0.25, 0.3) is 0 Å². The quantitative estimate of drug-likeness (QED) is 0.845. The van der Waals surface area contributed by atoms with Gasteiger partial charge in [0.1, 0.15) is 0 Å². The molecule has 1 aliphatic carbocycles. The lowest BCUT2D eigenvalue weighted by molar-refractivity contribution is 0.184. The SMILES string of the molecule is CNCCc1ccccc1CN(C)C1CCCCC1. The van der Waals surface area contributed by atoms with E-state index in [4.69, 9.17) is 0 Å². The van der Waals surface area contributed by atoms with Crippen molar-refractivity contribution in [3.8, 4) is 0 Å². The van der Waals surface area contributed by atoms with Crippen LogP contribution in [0.5, 0.6) is 0 Å². The Labute approximate surface area is 118 Å². The van der Waals surface area contributed by atoms with Gasteiger partial charge in [-0.25, -0.2) is 0 Å². The number of nitrogens with zero attached hydrogens (tertiary/aromatic N) is 1. The molecule has 0 bridgehead atoms. The Balaban J connectivity index is 1.96. The molecule has 0 atom stereocenters. The molecule has 0 unspecified atom stereocenters. The lowest BCUT2D eigenvalue weighted by Crippen LogP contribution is -2.33. The maximum atomic E-state index is 3.25. The van der Waals surface area contributed by atoms with Gasteiger partial charge in [-0.15, -0.1) is 0 Å². The molecule has 2 heteroatoms. The molecule has 0 aliphatic heterocycles. The van der Waals surface area contributed by atoms with Gasteiger partial charge in [0.25, 0.3) is 0 Å². The molecule has 2 rings (SSSR count). The van der Waals surface area contributed by atoms with E-state index in [0.29, 0.717) is 0 Å². The summed E-state index contributed by atoms with van der Waals surface area (Å²) in [5.41, 5.74) is 3.00. The average molecular weight is 260 g/mol. The third-order valence-electron chi connectivity index (χ3n) is 4.38. The van der Waals surface area contributed by atoms with Crippen LogP contribution in [-0.2, 0) is 13.0 Å². The van der Waals surface area contributed by atoms with E-state index in [1.165, 1.54) is 43.2 Å². The first kappa shape index (κ1) is 14.5. The standard InChI is InChI=1S/C17H28N2/c1-18-13-12-15-8-6-7-9-16(15)14-19(2)17-10-4-3-5-11-17/h6-9,17-18H,3-5,10-14H2,1-2H3. The maximum Gasteiger partial charge on any atom is 0.0236 e. The van der Waals surface area contributed by atoms with E-state index in [9.17, 15) is 0 Å². The fraction of sp³-hybridized carbons (Fsp3) is 0.647. The Morgan fingerprint density at radius 2 is 1.79 bits per heavy atom. The van der Waals surface area contributed by atoms with E-state index in [0.717, 1.165) is 25.6 Å². The summed E-state index contributed by atoms with van der Waals surface area (Å²) in [6.07, 6.45) is 8.16. The summed E-state index contributed by atoms with van der Waals surface area (Å²) in [5, 5.41) is 3.25. The van der Waals surface area contributed by atoms with Crippen LogP contribution in [0.1, 0.15) is 43.2 Å². The number of rotatable bonds is 6. The molecule has 1 N–H and O–H groups in total. The summed E-state index contributed by atoms with van der Waals surface area (Å²) in [4.78, 5) is 2.57. The first-order valence-electron chi connectivity index (χ1n) is 7.73. The van der Waals surface area contributed by atoms with Crippen molar-refractivity contribution in [1.29, 1.82) is 0 Å². The molecule has 0 saturated heterocycles. The zero-order valence-electron chi connectivity index (χ0n) is 12.5. The van der Waals surface area contributed by atoms with Gasteiger partial charge >= 0.3 is 0 Å². The van der Waals surface area contributed by atoms with Crippen molar-refractivity contribution in [2.45, 2.75) is 51.1 Å². The van der Waals surface area contributed by atoms with E-state index in [1.54, 1.807) is 0 Å². The third kappa shape index (κ3) is 4.32. The van der Waals surface area contributed by atoms with Crippen LogP contribution in [0, 0.1) is 0 Å². The van der Waals surface area contributed by atoms with Gasteiger partial charge < -0.3 is 5.32 Å².